The van der Waals surface area contributed by atoms with Gasteiger partial charge in [-0.2, -0.15) is 0 Å². The molecule has 1 amide bonds. The van der Waals surface area contributed by atoms with E-state index >= 15 is 0 Å². The predicted octanol–water partition coefficient (Wildman–Crippen LogP) is 5.02. The molecule has 2 N–H and O–H groups in total. The van der Waals surface area contributed by atoms with Crippen molar-refractivity contribution in [3.05, 3.63) is 70.9 Å². The molecule has 3 rings (SSSR count). The predicted molar refractivity (Wildman–Crippen MR) is 124 cm³/mol. The Morgan fingerprint density at radius 3 is 2.68 bits per heavy atom. The van der Waals surface area contributed by atoms with Gasteiger partial charge in [0.05, 0.1) is 17.8 Å². The quantitative estimate of drug-likeness (QED) is 0.515. The minimum absolute atomic E-state index is 0.000942. The molecular formula is C24H26ClN3O3. The molecule has 0 aliphatic rings. The molecule has 2 aromatic carbocycles. The summed E-state index contributed by atoms with van der Waals surface area (Å²) in [6.45, 7) is 3.99. The third kappa shape index (κ3) is 5.67. The smallest absolute Gasteiger partial charge is 0.257 e. The van der Waals surface area contributed by atoms with E-state index in [0.717, 1.165) is 28.2 Å². The van der Waals surface area contributed by atoms with Crippen molar-refractivity contribution in [2.45, 2.75) is 19.9 Å². The van der Waals surface area contributed by atoms with E-state index in [1.807, 2.05) is 61.5 Å². The van der Waals surface area contributed by atoms with Gasteiger partial charge in [0, 0.05) is 30.0 Å². The number of anilines is 1. The van der Waals surface area contributed by atoms with E-state index in [-0.39, 0.29) is 18.6 Å². The number of carbonyl (C=O) groups is 1. The average Bonchev–Trinajstić information content (AvgIpc) is 2.77. The Kier molecular flexibility index (Phi) is 7.36. The molecule has 0 saturated carbocycles. The molecule has 0 bridgehead atoms. The van der Waals surface area contributed by atoms with Crippen molar-refractivity contribution in [2.75, 3.05) is 26.1 Å². The van der Waals surface area contributed by atoms with Crippen LogP contribution in [0, 0.1) is 6.92 Å². The van der Waals surface area contributed by atoms with Gasteiger partial charge in [0.15, 0.2) is 6.61 Å². The lowest BCUT2D eigenvalue weighted by atomic mass is 10.1. The lowest BCUT2D eigenvalue weighted by Gasteiger charge is -2.18. The maximum atomic E-state index is 11.4. The van der Waals surface area contributed by atoms with E-state index < -0.39 is 0 Å². The van der Waals surface area contributed by atoms with Crippen molar-refractivity contribution in [3.63, 3.8) is 0 Å². The summed E-state index contributed by atoms with van der Waals surface area (Å²) in [5, 5.41) is 6.58. The van der Waals surface area contributed by atoms with Crippen LogP contribution < -0.4 is 20.1 Å². The fraction of sp³-hybridized carbons (Fsp3) is 0.250. The van der Waals surface area contributed by atoms with Gasteiger partial charge >= 0.3 is 0 Å². The first-order valence-electron chi connectivity index (χ1n) is 9.92. The first-order chi connectivity index (χ1) is 14.9. The number of hydrogen-bond donors (Lipinski definition) is 2. The Balaban J connectivity index is 1.81. The fourth-order valence-electron chi connectivity index (χ4n) is 3.18. The molecule has 162 valence electrons. The Labute approximate surface area is 187 Å². The van der Waals surface area contributed by atoms with Crippen LogP contribution in [-0.4, -0.2) is 31.7 Å². The molecule has 0 aliphatic heterocycles. The number of likely N-dealkylation sites (N-methyl/N-ethyl adjacent to an activating group) is 1. The molecular weight excluding hydrogens is 414 g/mol. The molecule has 6 nitrogen and oxygen atoms in total. The van der Waals surface area contributed by atoms with Crippen molar-refractivity contribution in [3.8, 4) is 22.8 Å². The van der Waals surface area contributed by atoms with Crippen LogP contribution in [0.15, 0.2) is 54.6 Å². The Morgan fingerprint density at radius 1 is 1.16 bits per heavy atom. The molecule has 3 aromatic rings. The number of nitrogens with zero attached hydrogens (tertiary/aromatic N) is 1. The summed E-state index contributed by atoms with van der Waals surface area (Å²) in [7, 11) is 3.17. The summed E-state index contributed by atoms with van der Waals surface area (Å²) in [5.74, 6) is 1.08. The number of aromatic nitrogens is 1. The molecule has 0 aliphatic carbocycles. The highest BCUT2D eigenvalue weighted by atomic mass is 35.5. The van der Waals surface area contributed by atoms with Gasteiger partial charge in [-0.1, -0.05) is 35.9 Å². The number of hydrogen-bond acceptors (Lipinski definition) is 5. The van der Waals surface area contributed by atoms with Gasteiger partial charge in [-0.05, 0) is 49.7 Å². The van der Waals surface area contributed by atoms with E-state index in [9.17, 15) is 4.79 Å². The van der Waals surface area contributed by atoms with Gasteiger partial charge in [-0.15, -0.1) is 0 Å². The lowest BCUT2D eigenvalue weighted by molar-refractivity contribution is -0.122. The number of pyridine rings is 1. The second-order valence-corrected chi connectivity index (χ2v) is 7.48. The van der Waals surface area contributed by atoms with E-state index in [0.29, 0.717) is 16.5 Å². The SMILES string of the molecule is CNC(=O)COc1cccc(C(C)Nc2cc(C)nc(-c3cccc(OC)c3Cl)c2)c1. The topological polar surface area (TPSA) is 72.5 Å². The lowest BCUT2D eigenvalue weighted by Crippen LogP contribution is -2.24. The van der Waals surface area contributed by atoms with Crippen LogP contribution >= 0.6 is 11.6 Å². The number of benzene rings is 2. The highest BCUT2D eigenvalue weighted by Crippen LogP contribution is 2.35. The number of nitrogens with one attached hydrogen (secondary N) is 2. The zero-order valence-electron chi connectivity index (χ0n) is 18.0. The summed E-state index contributed by atoms with van der Waals surface area (Å²) >= 11 is 6.50. The van der Waals surface area contributed by atoms with E-state index in [4.69, 9.17) is 21.1 Å². The number of carbonyl (C=O) groups excluding carboxylic acids is 1. The summed E-state index contributed by atoms with van der Waals surface area (Å²) < 4.78 is 10.9. The zero-order valence-corrected chi connectivity index (χ0v) is 18.8. The third-order valence-corrected chi connectivity index (χ3v) is 5.19. The third-order valence-electron chi connectivity index (χ3n) is 4.80. The van der Waals surface area contributed by atoms with Crippen LogP contribution in [0.2, 0.25) is 5.02 Å². The summed E-state index contributed by atoms with van der Waals surface area (Å²) in [6, 6.07) is 17.3. The number of aryl methyl sites for hydroxylation is 1. The van der Waals surface area contributed by atoms with Gasteiger partial charge in [0.2, 0.25) is 0 Å². The zero-order chi connectivity index (χ0) is 22.4. The summed E-state index contributed by atoms with van der Waals surface area (Å²) in [6.07, 6.45) is 0. The Morgan fingerprint density at radius 2 is 1.94 bits per heavy atom. The van der Waals surface area contributed by atoms with Crippen LogP contribution in [0.3, 0.4) is 0 Å². The number of ether oxygens (including phenoxy) is 2. The molecule has 7 heteroatoms. The van der Waals surface area contributed by atoms with Crippen molar-refractivity contribution in [1.82, 2.24) is 10.3 Å². The number of amides is 1. The van der Waals surface area contributed by atoms with Crippen molar-refractivity contribution >= 4 is 23.2 Å². The van der Waals surface area contributed by atoms with Gasteiger partial charge < -0.3 is 20.1 Å². The first-order valence-corrected chi connectivity index (χ1v) is 10.3. The Bertz CT molecular complexity index is 1070. The Hall–Kier alpha value is -3.25. The first kappa shape index (κ1) is 22.4. The van der Waals surface area contributed by atoms with Gasteiger partial charge in [0.25, 0.3) is 5.91 Å². The van der Waals surface area contributed by atoms with Crippen LogP contribution in [0.4, 0.5) is 5.69 Å². The van der Waals surface area contributed by atoms with Crippen molar-refractivity contribution < 1.29 is 14.3 Å². The van der Waals surface area contributed by atoms with E-state index in [1.54, 1.807) is 14.2 Å². The van der Waals surface area contributed by atoms with Crippen LogP contribution in [0.25, 0.3) is 11.3 Å². The molecule has 1 atom stereocenters. The maximum absolute atomic E-state index is 11.4. The minimum Gasteiger partial charge on any atom is -0.495 e. The van der Waals surface area contributed by atoms with Gasteiger partial charge in [-0.3, -0.25) is 9.78 Å². The summed E-state index contributed by atoms with van der Waals surface area (Å²) in [5.41, 5.74) is 4.40. The number of rotatable bonds is 8. The van der Waals surface area contributed by atoms with Gasteiger partial charge in [0.1, 0.15) is 11.5 Å². The highest BCUT2D eigenvalue weighted by Gasteiger charge is 2.13. The number of halogens is 1. The average molecular weight is 440 g/mol. The molecule has 1 aromatic heterocycles. The summed E-state index contributed by atoms with van der Waals surface area (Å²) in [4.78, 5) is 16.1. The molecule has 0 fully saturated rings. The minimum atomic E-state index is -0.174. The second-order valence-electron chi connectivity index (χ2n) is 7.10. The molecule has 0 spiro atoms. The van der Waals surface area contributed by atoms with Crippen LogP contribution in [0.5, 0.6) is 11.5 Å². The fourth-order valence-corrected chi connectivity index (χ4v) is 3.48. The van der Waals surface area contributed by atoms with Crippen LogP contribution in [-0.2, 0) is 4.79 Å². The van der Waals surface area contributed by atoms with Gasteiger partial charge in [-0.25, -0.2) is 0 Å². The van der Waals surface area contributed by atoms with Crippen LogP contribution in [0.1, 0.15) is 24.2 Å². The maximum Gasteiger partial charge on any atom is 0.257 e. The highest BCUT2D eigenvalue weighted by molar-refractivity contribution is 6.34. The monoisotopic (exact) mass is 439 g/mol. The molecule has 1 unspecified atom stereocenters. The van der Waals surface area contributed by atoms with E-state index in [1.165, 1.54) is 0 Å². The molecule has 0 radical (unpaired) electrons. The molecule has 31 heavy (non-hydrogen) atoms. The normalized spacial score (nSPS) is 11.5. The molecule has 1 heterocycles. The van der Waals surface area contributed by atoms with E-state index in [2.05, 4.69) is 22.5 Å². The number of methoxy groups -OCH3 is 1. The largest absolute Gasteiger partial charge is 0.495 e. The van der Waals surface area contributed by atoms with Crippen molar-refractivity contribution in [2.24, 2.45) is 0 Å². The second kappa shape index (κ2) is 10.2. The van der Waals surface area contributed by atoms with Crippen molar-refractivity contribution in [1.29, 1.82) is 0 Å². The standard InChI is InChI=1S/C24H26ClN3O3/c1-15-11-18(13-21(27-15)20-9-6-10-22(30-4)24(20)25)28-16(2)17-7-5-8-19(12-17)31-14-23(29)26-3/h5-13,16H,14H2,1-4H3,(H,26,29)(H,27,28). The molecule has 0 saturated heterocycles.